The van der Waals surface area contributed by atoms with Crippen LogP contribution in [0.3, 0.4) is 0 Å². The van der Waals surface area contributed by atoms with Gasteiger partial charge in [-0.3, -0.25) is 4.79 Å². The maximum absolute atomic E-state index is 10.9. The van der Waals surface area contributed by atoms with Crippen molar-refractivity contribution in [2.24, 2.45) is 0 Å². The predicted molar refractivity (Wildman–Crippen MR) is 65.3 cm³/mol. The summed E-state index contributed by atoms with van der Waals surface area (Å²) in [6, 6.07) is 4.66. The summed E-state index contributed by atoms with van der Waals surface area (Å²) in [5, 5.41) is 23.3. The van der Waals surface area contributed by atoms with E-state index in [0.29, 0.717) is 13.1 Å². The van der Waals surface area contributed by atoms with Gasteiger partial charge in [0.2, 0.25) is 0 Å². The first-order valence-electron chi connectivity index (χ1n) is 5.03. The molecule has 2 aromatic rings. The maximum Gasteiger partial charge on any atom is 0.304 e. The monoisotopic (exact) mass is 252 g/mol. The van der Waals surface area contributed by atoms with E-state index >= 15 is 0 Å². The van der Waals surface area contributed by atoms with Crippen LogP contribution in [0.1, 0.15) is 11.3 Å². The molecule has 6 heteroatoms. The molecule has 0 fully saturated rings. The van der Waals surface area contributed by atoms with Crippen LogP contribution in [0.15, 0.2) is 28.4 Å². The Morgan fingerprint density at radius 1 is 1.24 bits per heavy atom. The van der Waals surface area contributed by atoms with E-state index < -0.39 is 0 Å². The minimum Gasteiger partial charge on any atom is -0.504 e. The number of phenols is 2. The van der Waals surface area contributed by atoms with Crippen LogP contribution in [0, 0.1) is 0 Å². The van der Waals surface area contributed by atoms with Crippen LogP contribution >= 0.6 is 11.3 Å². The second-order valence-electron chi connectivity index (χ2n) is 3.60. The SMILES string of the molecule is O=c1[nH]c(CNCc2ccc(O)c(O)c2)cs1. The molecule has 0 amide bonds. The molecule has 1 aromatic heterocycles. The quantitative estimate of drug-likeness (QED) is 0.615. The molecule has 0 atom stereocenters. The summed E-state index contributed by atoms with van der Waals surface area (Å²) in [7, 11) is 0. The molecule has 0 radical (unpaired) electrons. The highest BCUT2D eigenvalue weighted by Gasteiger charge is 2.01. The fraction of sp³-hybridized carbons (Fsp3) is 0.182. The van der Waals surface area contributed by atoms with Crippen molar-refractivity contribution in [3.05, 3.63) is 44.5 Å². The molecule has 17 heavy (non-hydrogen) atoms. The van der Waals surface area contributed by atoms with Crippen LogP contribution in [0.5, 0.6) is 11.5 Å². The number of hydrogen-bond acceptors (Lipinski definition) is 5. The zero-order valence-electron chi connectivity index (χ0n) is 8.93. The van der Waals surface area contributed by atoms with Crippen LogP contribution in [-0.2, 0) is 13.1 Å². The Kier molecular flexibility index (Phi) is 3.46. The number of H-pyrrole nitrogens is 1. The van der Waals surface area contributed by atoms with E-state index in [9.17, 15) is 9.90 Å². The van der Waals surface area contributed by atoms with E-state index in [4.69, 9.17) is 5.11 Å². The zero-order valence-corrected chi connectivity index (χ0v) is 9.75. The minimum atomic E-state index is -0.131. The first-order valence-corrected chi connectivity index (χ1v) is 5.91. The lowest BCUT2D eigenvalue weighted by molar-refractivity contribution is 0.403. The van der Waals surface area contributed by atoms with Gasteiger partial charge in [-0.25, -0.2) is 0 Å². The summed E-state index contributed by atoms with van der Waals surface area (Å²) >= 11 is 1.13. The molecule has 0 bridgehead atoms. The van der Waals surface area contributed by atoms with E-state index in [-0.39, 0.29) is 16.4 Å². The summed E-state index contributed by atoms with van der Waals surface area (Å²) in [5.74, 6) is -0.260. The lowest BCUT2D eigenvalue weighted by Gasteiger charge is -2.04. The average Bonchev–Trinajstić information content (AvgIpc) is 2.70. The molecular formula is C11H12N2O3S. The molecule has 4 N–H and O–H groups in total. The number of benzene rings is 1. The number of aromatic hydroxyl groups is 2. The fourth-order valence-electron chi connectivity index (χ4n) is 1.42. The lowest BCUT2D eigenvalue weighted by atomic mass is 10.2. The van der Waals surface area contributed by atoms with Gasteiger partial charge in [0.25, 0.3) is 0 Å². The van der Waals surface area contributed by atoms with Crippen LogP contribution in [0.4, 0.5) is 0 Å². The maximum atomic E-state index is 10.9. The Bertz CT molecular complexity index is 562. The number of aromatic amines is 1. The highest BCUT2D eigenvalue weighted by molar-refractivity contribution is 7.07. The molecule has 0 aliphatic heterocycles. The Morgan fingerprint density at radius 3 is 2.71 bits per heavy atom. The third-order valence-corrected chi connectivity index (χ3v) is 2.97. The van der Waals surface area contributed by atoms with Gasteiger partial charge in [-0.15, -0.1) is 0 Å². The second kappa shape index (κ2) is 5.03. The van der Waals surface area contributed by atoms with Crippen molar-refractivity contribution in [2.75, 3.05) is 0 Å². The van der Waals surface area contributed by atoms with E-state index in [1.807, 2.05) is 0 Å². The van der Waals surface area contributed by atoms with Gasteiger partial charge in [-0.05, 0) is 17.7 Å². The molecule has 0 saturated heterocycles. The average molecular weight is 252 g/mol. The van der Waals surface area contributed by atoms with Crippen LogP contribution < -0.4 is 10.2 Å². The van der Waals surface area contributed by atoms with Gasteiger partial charge >= 0.3 is 4.87 Å². The first kappa shape index (κ1) is 11.7. The number of hydrogen-bond donors (Lipinski definition) is 4. The topological polar surface area (TPSA) is 85.4 Å². The molecule has 0 aliphatic rings. The van der Waals surface area contributed by atoms with E-state index in [1.54, 1.807) is 11.4 Å². The summed E-state index contributed by atoms with van der Waals surface area (Å²) in [5.41, 5.74) is 1.70. The van der Waals surface area contributed by atoms with Crippen LogP contribution in [0.25, 0.3) is 0 Å². The Hall–Kier alpha value is -1.79. The largest absolute Gasteiger partial charge is 0.504 e. The third-order valence-electron chi connectivity index (χ3n) is 2.26. The lowest BCUT2D eigenvalue weighted by Crippen LogP contribution is -2.13. The predicted octanol–water partition coefficient (Wildman–Crippen LogP) is 1.14. The zero-order chi connectivity index (χ0) is 12.3. The van der Waals surface area contributed by atoms with E-state index in [1.165, 1.54) is 12.1 Å². The number of phenolic OH excluding ortho intramolecular Hbond substituents is 2. The molecule has 5 nitrogen and oxygen atoms in total. The van der Waals surface area contributed by atoms with Crippen molar-refractivity contribution in [1.29, 1.82) is 0 Å². The van der Waals surface area contributed by atoms with E-state index in [2.05, 4.69) is 10.3 Å². The van der Waals surface area contributed by atoms with Gasteiger partial charge in [-0.2, -0.15) is 0 Å². The molecular weight excluding hydrogens is 240 g/mol. The minimum absolute atomic E-state index is 0.0657. The van der Waals surface area contributed by atoms with Crippen LogP contribution in [0.2, 0.25) is 0 Å². The third kappa shape index (κ3) is 3.08. The standard InChI is InChI=1S/C11H12N2O3S/c14-9-2-1-7(3-10(9)15)4-12-5-8-6-17-11(16)13-8/h1-3,6,12,14-15H,4-5H2,(H,13,16). The summed E-state index contributed by atoms with van der Waals surface area (Å²) in [6.45, 7) is 1.10. The normalized spacial score (nSPS) is 10.6. The summed E-state index contributed by atoms with van der Waals surface area (Å²) in [4.78, 5) is 13.5. The number of aromatic nitrogens is 1. The fourth-order valence-corrected chi connectivity index (χ4v) is 2.00. The van der Waals surface area contributed by atoms with Gasteiger partial charge in [0.05, 0.1) is 0 Å². The van der Waals surface area contributed by atoms with Gasteiger partial charge in [0.1, 0.15) is 0 Å². The van der Waals surface area contributed by atoms with Gasteiger partial charge < -0.3 is 20.5 Å². The highest BCUT2D eigenvalue weighted by Crippen LogP contribution is 2.24. The number of thiazole rings is 1. The summed E-state index contributed by atoms with van der Waals surface area (Å²) < 4.78 is 0. The molecule has 1 heterocycles. The number of rotatable bonds is 4. The van der Waals surface area contributed by atoms with Crippen molar-refractivity contribution in [1.82, 2.24) is 10.3 Å². The smallest absolute Gasteiger partial charge is 0.304 e. The first-order chi connectivity index (χ1) is 8.15. The molecule has 0 aliphatic carbocycles. The molecule has 0 spiro atoms. The van der Waals surface area contributed by atoms with Gasteiger partial charge in [-0.1, -0.05) is 17.4 Å². The summed E-state index contributed by atoms with van der Waals surface area (Å²) in [6.07, 6.45) is 0. The Labute approximate surface area is 101 Å². The van der Waals surface area contributed by atoms with Crippen molar-refractivity contribution < 1.29 is 10.2 Å². The molecule has 2 rings (SSSR count). The molecule has 90 valence electrons. The van der Waals surface area contributed by atoms with Crippen molar-refractivity contribution in [2.45, 2.75) is 13.1 Å². The van der Waals surface area contributed by atoms with Gasteiger partial charge in [0.15, 0.2) is 11.5 Å². The van der Waals surface area contributed by atoms with Crippen molar-refractivity contribution in [3.8, 4) is 11.5 Å². The molecule has 1 aromatic carbocycles. The Balaban J connectivity index is 1.89. The van der Waals surface area contributed by atoms with Crippen molar-refractivity contribution >= 4 is 11.3 Å². The van der Waals surface area contributed by atoms with E-state index in [0.717, 1.165) is 22.6 Å². The van der Waals surface area contributed by atoms with Crippen molar-refractivity contribution in [3.63, 3.8) is 0 Å². The molecule has 0 unspecified atom stereocenters. The highest BCUT2D eigenvalue weighted by atomic mass is 32.1. The Morgan fingerprint density at radius 2 is 2.06 bits per heavy atom. The molecule has 0 saturated carbocycles. The van der Waals surface area contributed by atoms with Crippen LogP contribution in [-0.4, -0.2) is 15.2 Å². The second-order valence-corrected chi connectivity index (χ2v) is 4.44. The number of nitrogens with one attached hydrogen (secondary N) is 2. The van der Waals surface area contributed by atoms with Gasteiger partial charge in [0, 0.05) is 24.2 Å².